The van der Waals surface area contributed by atoms with Crippen LogP contribution in [0.4, 0.5) is 0 Å². The molecule has 0 aliphatic carbocycles. The SMILES string of the molecule is CC(C)SCCNCc1ccc(-c2ccc(Br)cc2)o1. The zero-order valence-corrected chi connectivity index (χ0v) is 14.3. The van der Waals surface area contributed by atoms with Gasteiger partial charge in [0.2, 0.25) is 0 Å². The first kappa shape index (κ1) is 15.7. The van der Waals surface area contributed by atoms with Crippen molar-refractivity contribution in [1.82, 2.24) is 5.32 Å². The number of hydrogen-bond acceptors (Lipinski definition) is 3. The molecule has 2 rings (SSSR count). The molecule has 0 radical (unpaired) electrons. The Labute approximate surface area is 133 Å². The Morgan fingerprint density at radius 3 is 2.60 bits per heavy atom. The Bertz CT molecular complexity index is 522. The minimum Gasteiger partial charge on any atom is -0.460 e. The van der Waals surface area contributed by atoms with Crippen LogP contribution in [0.3, 0.4) is 0 Å². The van der Waals surface area contributed by atoms with E-state index in [9.17, 15) is 0 Å². The van der Waals surface area contributed by atoms with Crippen LogP contribution >= 0.6 is 27.7 Å². The smallest absolute Gasteiger partial charge is 0.134 e. The van der Waals surface area contributed by atoms with Gasteiger partial charge >= 0.3 is 0 Å². The fourth-order valence-corrected chi connectivity index (χ4v) is 2.82. The molecule has 0 unspecified atom stereocenters. The third-order valence-electron chi connectivity index (χ3n) is 2.82. The second-order valence-corrected chi connectivity index (χ2v) is 7.47. The van der Waals surface area contributed by atoms with E-state index in [0.717, 1.165) is 40.4 Å². The number of hydrogen-bond donors (Lipinski definition) is 1. The first-order valence-electron chi connectivity index (χ1n) is 6.82. The molecule has 0 aliphatic rings. The van der Waals surface area contributed by atoms with Crippen molar-refractivity contribution in [2.75, 3.05) is 12.3 Å². The van der Waals surface area contributed by atoms with E-state index in [1.165, 1.54) is 0 Å². The molecule has 2 nitrogen and oxygen atoms in total. The van der Waals surface area contributed by atoms with Crippen LogP contribution in [0.1, 0.15) is 19.6 Å². The Hall–Kier alpha value is -0.710. The summed E-state index contributed by atoms with van der Waals surface area (Å²) < 4.78 is 6.93. The molecule has 20 heavy (non-hydrogen) atoms. The van der Waals surface area contributed by atoms with Crippen molar-refractivity contribution < 1.29 is 4.42 Å². The van der Waals surface area contributed by atoms with Crippen molar-refractivity contribution in [2.45, 2.75) is 25.6 Å². The maximum Gasteiger partial charge on any atom is 0.134 e. The summed E-state index contributed by atoms with van der Waals surface area (Å²) in [6.45, 7) is 6.25. The molecule has 0 saturated heterocycles. The third kappa shape index (κ3) is 5.00. The highest BCUT2D eigenvalue weighted by molar-refractivity contribution is 9.10. The van der Waals surface area contributed by atoms with Gasteiger partial charge in [-0.2, -0.15) is 11.8 Å². The molecule has 0 amide bonds. The van der Waals surface area contributed by atoms with Crippen LogP contribution in [0.25, 0.3) is 11.3 Å². The molecule has 2 aromatic rings. The molecule has 0 atom stereocenters. The van der Waals surface area contributed by atoms with Crippen molar-refractivity contribution in [2.24, 2.45) is 0 Å². The van der Waals surface area contributed by atoms with Crippen LogP contribution in [-0.2, 0) is 6.54 Å². The molecular formula is C16H20BrNOS. The Morgan fingerprint density at radius 1 is 1.15 bits per heavy atom. The summed E-state index contributed by atoms with van der Waals surface area (Å²) in [6.07, 6.45) is 0. The van der Waals surface area contributed by atoms with Gasteiger partial charge in [-0.15, -0.1) is 0 Å². The Morgan fingerprint density at radius 2 is 1.90 bits per heavy atom. The maximum atomic E-state index is 5.85. The van der Waals surface area contributed by atoms with Crippen LogP contribution in [0, 0.1) is 0 Å². The summed E-state index contributed by atoms with van der Waals surface area (Å²) in [7, 11) is 0. The molecule has 1 aromatic carbocycles. The summed E-state index contributed by atoms with van der Waals surface area (Å²) in [5.41, 5.74) is 1.11. The highest BCUT2D eigenvalue weighted by atomic mass is 79.9. The quantitative estimate of drug-likeness (QED) is 0.713. The standard InChI is InChI=1S/C16H20BrNOS/c1-12(2)20-10-9-18-11-15-7-8-16(19-15)13-3-5-14(17)6-4-13/h3-8,12,18H,9-11H2,1-2H3. The van der Waals surface area contributed by atoms with Gasteiger partial charge in [0.15, 0.2) is 0 Å². The predicted octanol–water partition coefficient (Wildman–Crippen LogP) is 4.94. The molecule has 0 bridgehead atoms. The van der Waals surface area contributed by atoms with Gasteiger partial charge in [-0.1, -0.05) is 41.9 Å². The number of thioether (sulfide) groups is 1. The van der Waals surface area contributed by atoms with E-state index in [-0.39, 0.29) is 0 Å². The zero-order chi connectivity index (χ0) is 14.4. The summed E-state index contributed by atoms with van der Waals surface area (Å²) in [4.78, 5) is 0. The van der Waals surface area contributed by atoms with Gasteiger partial charge in [-0.05, 0) is 29.5 Å². The molecule has 1 N–H and O–H groups in total. The van der Waals surface area contributed by atoms with Gasteiger partial charge in [0.1, 0.15) is 11.5 Å². The number of halogens is 1. The van der Waals surface area contributed by atoms with E-state index < -0.39 is 0 Å². The topological polar surface area (TPSA) is 25.2 Å². The van der Waals surface area contributed by atoms with Gasteiger partial charge in [0.05, 0.1) is 6.54 Å². The first-order valence-corrected chi connectivity index (χ1v) is 8.66. The molecule has 0 spiro atoms. The second kappa shape index (κ2) is 7.91. The Balaban J connectivity index is 1.82. The molecule has 0 aliphatic heterocycles. The molecule has 0 saturated carbocycles. The molecule has 1 aromatic heterocycles. The van der Waals surface area contributed by atoms with Crippen LogP contribution < -0.4 is 5.32 Å². The summed E-state index contributed by atoms with van der Waals surface area (Å²) in [5.74, 6) is 3.04. The number of benzene rings is 1. The highest BCUT2D eigenvalue weighted by Crippen LogP contribution is 2.23. The lowest BCUT2D eigenvalue weighted by Gasteiger charge is -2.05. The minimum absolute atomic E-state index is 0.699. The average molecular weight is 354 g/mol. The van der Waals surface area contributed by atoms with E-state index in [2.05, 4.69) is 47.2 Å². The molecule has 4 heteroatoms. The van der Waals surface area contributed by atoms with E-state index >= 15 is 0 Å². The van der Waals surface area contributed by atoms with Gasteiger partial charge in [0.25, 0.3) is 0 Å². The summed E-state index contributed by atoms with van der Waals surface area (Å²) in [6, 6.07) is 12.2. The number of furan rings is 1. The summed E-state index contributed by atoms with van der Waals surface area (Å²) >= 11 is 5.41. The second-order valence-electron chi connectivity index (χ2n) is 4.87. The fourth-order valence-electron chi connectivity index (χ4n) is 1.82. The molecular weight excluding hydrogens is 334 g/mol. The lowest BCUT2D eigenvalue weighted by Crippen LogP contribution is -2.16. The van der Waals surface area contributed by atoms with Gasteiger partial charge < -0.3 is 9.73 Å². The monoisotopic (exact) mass is 353 g/mol. The minimum atomic E-state index is 0.699. The fraction of sp³-hybridized carbons (Fsp3) is 0.375. The zero-order valence-electron chi connectivity index (χ0n) is 11.9. The molecule has 0 fully saturated rings. The molecule has 108 valence electrons. The van der Waals surface area contributed by atoms with Crippen LogP contribution in [0.15, 0.2) is 45.3 Å². The lowest BCUT2D eigenvalue weighted by molar-refractivity contribution is 0.499. The maximum absolute atomic E-state index is 5.85. The highest BCUT2D eigenvalue weighted by Gasteiger charge is 2.04. The van der Waals surface area contributed by atoms with Crippen molar-refractivity contribution in [3.8, 4) is 11.3 Å². The van der Waals surface area contributed by atoms with Gasteiger partial charge in [-0.3, -0.25) is 0 Å². The van der Waals surface area contributed by atoms with E-state index in [4.69, 9.17) is 4.42 Å². The van der Waals surface area contributed by atoms with Gasteiger partial charge in [-0.25, -0.2) is 0 Å². The van der Waals surface area contributed by atoms with E-state index in [1.807, 2.05) is 36.0 Å². The summed E-state index contributed by atoms with van der Waals surface area (Å²) in [5, 5.41) is 4.11. The largest absolute Gasteiger partial charge is 0.460 e. The van der Waals surface area contributed by atoms with Crippen molar-refractivity contribution >= 4 is 27.7 Å². The van der Waals surface area contributed by atoms with Crippen molar-refractivity contribution in [3.63, 3.8) is 0 Å². The Kier molecular flexibility index (Phi) is 6.20. The predicted molar refractivity (Wildman–Crippen MR) is 91.1 cm³/mol. The number of rotatable bonds is 7. The average Bonchev–Trinajstić information content (AvgIpc) is 2.87. The van der Waals surface area contributed by atoms with Crippen molar-refractivity contribution in [3.05, 3.63) is 46.6 Å². The van der Waals surface area contributed by atoms with Crippen LogP contribution in [-0.4, -0.2) is 17.5 Å². The van der Waals surface area contributed by atoms with E-state index in [0.29, 0.717) is 5.25 Å². The van der Waals surface area contributed by atoms with Crippen molar-refractivity contribution in [1.29, 1.82) is 0 Å². The van der Waals surface area contributed by atoms with Crippen LogP contribution in [0.2, 0.25) is 0 Å². The molecule has 1 heterocycles. The normalized spacial score (nSPS) is 11.2. The first-order chi connectivity index (χ1) is 9.65. The lowest BCUT2D eigenvalue weighted by atomic mass is 10.2. The van der Waals surface area contributed by atoms with Gasteiger partial charge in [0, 0.05) is 22.3 Å². The van der Waals surface area contributed by atoms with E-state index in [1.54, 1.807) is 0 Å². The third-order valence-corrected chi connectivity index (χ3v) is 4.45. The number of nitrogens with one attached hydrogen (secondary N) is 1. The van der Waals surface area contributed by atoms with Crippen LogP contribution in [0.5, 0.6) is 0 Å².